The minimum Gasteiger partial charge on any atom is -0.368 e. The molecule has 0 aromatic heterocycles. The Morgan fingerprint density at radius 1 is 1.40 bits per heavy atom. The minimum atomic E-state index is -0.642. The van der Waals surface area contributed by atoms with E-state index in [4.69, 9.17) is 5.73 Å². The number of piperazine rings is 1. The zero-order chi connectivity index (χ0) is 15.5. The number of amides is 1. The minimum absolute atomic E-state index is 0.240. The number of nitrogens with one attached hydrogen (secondary N) is 1. The predicted molar refractivity (Wildman–Crippen MR) is 83.6 cm³/mol. The summed E-state index contributed by atoms with van der Waals surface area (Å²) in [6, 6.07) is 1.09. The number of likely N-dealkylation sites (N-methyl/N-ethyl adjacent to an activating group) is 1. The van der Waals surface area contributed by atoms with Crippen molar-refractivity contribution in [3.63, 3.8) is 0 Å². The molecule has 1 aliphatic heterocycles. The van der Waals surface area contributed by atoms with Crippen LogP contribution in [0.15, 0.2) is 0 Å². The van der Waals surface area contributed by atoms with Crippen LogP contribution >= 0.6 is 0 Å². The van der Waals surface area contributed by atoms with Crippen molar-refractivity contribution in [2.24, 2.45) is 5.73 Å². The van der Waals surface area contributed by atoms with Gasteiger partial charge in [0, 0.05) is 37.8 Å². The summed E-state index contributed by atoms with van der Waals surface area (Å²) in [7, 11) is 2.16. The monoisotopic (exact) mass is 284 g/mol. The second kappa shape index (κ2) is 6.87. The van der Waals surface area contributed by atoms with Crippen molar-refractivity contribution in [2.45, 2.75) is 64.7 Å². The molecule has 5 heteroatoms. The first kappa shape index (κ1) is 17.4. The number of rotatable bonds is 6. The molecule has 3 N–H and O–H groups in total. The quantitative estimate of drug-likeness (QED) is 0.751. The highest BCUT2D eigenvalue weighted by atomic mass is 16.1. The highest BCUT2D eigenvalue weighted by molar-refractivity contribution is 5.84. The van der Waals surface area contributed by atoms with Gasteiger partial charge in [-0.05, 0) is 48.1 Å². The molecule has 0 aromatic carbocycles. The summed E-state index contributed by atoms with van der Waals surface area (Å²) in [5, 5.41) is 3.34. The van der Waals surface area contributed by atoms with E-state index in [0.717, 1.165) is 26.1 Å². The molecule has 0 aromatic rings. The summed E-state index contributed by atoms with van der Waals surface area (Å²) in [6.45, 7) is 13.7. The molecular weight excluding hydrogens is 252 g/mol. The summed E-state index contributed by atoms with van der Waals surface area (Å²) in [5.74, 6) is -0.264. The Bertz CT molecular complexity index is 334. The maximum Gasteiger partial charge on any atom is 0.237 e. The molecule has 3 unspecified atom stereocenters. The predicted octanol–water partition coefficient (Wildman–Crippen LogP) is 0.643. The van der Waals surface area contributed by atoms with Crippen molar-refractivity contribution in [3.05, 3.63) is 0 Å². The summed E-state index contributed by atoms with van der Waals surface area (Å²) in [6.07, 6.45) is 0.745. The third-order valence-electron chi connectivity index (χ3n) is 4.30. The summed E-state index contributed by atoms with van der Waals surface area (Å²) < 4.78 is 0. The second-order valence-corrected chi connectivity index (χ2v) is 6.90. The van der Waals surface area contributed by atoms with Crippen molar-refractivity contribution < 1.29 is 4.79 Å². The number of hydrogen-bond acceptors (Lipinski definition) is 4. The Hall–Kier alpha value is -0.650. The van der Waals surface area contributed by atoms with Gasteiger partial charge in [-0.3, -0.25) is 9.69 Å². The van der Waals surface area contributed by atoms with E-state index >= 15 is 0 Å². The molecule has 0 spiro atoms. The van der Waals surface area contributed by atoms with Gasteiger partial charge in [0.25, 0.3) is 0 Å². The van der Waals surface area contributed by atoms with Crippen molar-refractivity contribution in [1.29, 1.82) is 0 Å². The van der Waals surface area contributed by atoms with Crippen LogP contribution in [-0.2, 0) is 4.79 Å². The third-order valence-corrected chi connectivity index (χ3v) is 4.30. The van der Waals surface area contributed by atoms with E-state index in [-0.39, 0.29) is 11.9 Å². The Morgan fingerprint density at radius 3 is 2.45 bits per heavy atom. The zero-order valence-electron chi connectivity index (χ0n) is 13.9. The highest BCUT2D eigenvalue weighted by Gasteiger charge is 2.36. The molecule has 3 atom stereocenters. The maximum absolute atomic E-state index is 11.8. The number of nitrogens with zero attached hydrogens (tertiary/aromatic N) is 2. The first-order valence-corrected chi connectivity index (χ1v) is 7.67. The molecule has 0 saturated carbocycles. The maximum atomic E-state index is 11.8. The molecule has 1 saturated heterocycles. The summed E-state index contributed by atoms with van der Waals surface area (Å²) in [5.41, 5.74) is 4.98. The fourth-order valence-electron chi connectivity index (χ4n) is 3.38. The van der Waals surface area contributed by atoms with E-state index in [9.17, 15) is 4.79 Å². The fourth-order valence-corrected chi connectivity index (χ4v) is 3.38. The van der Waals surface area contributed by atoms with Gasteiger partial charge in [0.2, 0.25) is 5.91 Å². The van der Waals surface area contributed by atoms with Crippen molar-refractivity contribution in [2.75, 3.05) is 26.7 Å². The molecule has 5 nitrogen and oxygen atoms in total. The van der Waals surface area contributed by atoms with E-state index in [2.05, 4.69) is 36.0 Å². The average molecular weight is 284 g/mol. The number of primary amides is 1. The third kappa shape index (κ3) is 4.43. The van der Waals surface area contributed by atoms with Crippen LogP contribution in [0.1, 0.15) is 41.0 Å². The topological polar surface area (TPSA) is 61.6 Å². The Balaban J connectivity index is 2.71. The molecule has 0 aliphatic carbocycles. The average Bonchev–Trinajstić information content (AvgIpc) is 2.26. The molecule has 1 fully saturated rings. The lowest BCUT2D eigenvalue weighted by molar-refractivity contribution is -0.125. The number of carbonyl (C=O) groups is 1. The smallest absolute Gasteiger partial charge is 0.237 e. The van der Waals surface area contributed by atoms with Gasteiger partial charge in [0.05, 0.1) is 5.54 Å². The Labute approximate surface area is 123 Å². The molecular formula is C15H32N4O. The van der Waals surface area contributed by atoms with Crippen LogP contribution in [0.3, 0.4) is 0 Å². The number of carbonyl (C=O) groups excluding carboxylic acids is 1. The lowest BCUT2D eigenvalue weighted by Crippen LogP contribution is -2.60. The lowest BCUT2D eigenvalue weighted by Gasteiger charge is -2.44. The van der Waals surface area contributed by atoms with Crippen LogP contribution in [0, 0.1) is 0 Å². The van der Waals surface area contributed by atoms with E-state index in [1.54, 1.807) is 0 Å². The first-order valence-electron chi connectivity index (χ1n) is 7.67. The number of nitrogens with two attached hydrogens (primary N) is 1. The van der Waals surface area contributed by atoms with Gasteiger partial charge in [0.1, 0.15) is 0 Å². The van der Waals surface area contributed by atoms with Gasteiger partial charge < -0.3 is 16.0 Å². The van der Waals surface area contributed by atoms with Crippen LogP contribution in [-0.4, -0.2) is 66.1 Å². The van der Waals surface area contributed by atoms with Crippen LogP contribution in [0.25, 0.3) is 0 Å². The van der Waals surface area contributed by atoms with Crippen LogP contribution < -0.4 is 11.1 Å². The van der Waals surface area contributed by atoms with Gasteiger partial charge in [-0.1, -0.05) is 0 Å². The fraction of sp³-hybridized carbons (Fsp3) is 0.933. The highest BCUT2D eigenvalue weighted by Crippen LogP contribution is 2.21. The van der Waals surface area contributed by atoms with E-state index in [1.165, 1.54) is 0 Å². The molecule has 118 valence electrons. The SMILES string of the molecule is CC(C)NC(C)(CC(C)N1CCN(C)CC1C)C(N)=O. The van der Waals surface area contributed by atoms with E-state index in [0.29, 0.717) is 12.1 Å². The molecule has 20 heavy (non-hydrogen) atoms. The second-order valence-electron chi connectivity index (χ2n) is 6.90. The first-order chi connectivity index (χ1) is 9.15. The van der Waals surface area contributed by atoms with Crippen molar-refractivity contribution in [3.8, 4) is 0 Å². The van der Waals surface area contributed by atoms with Crippen LogP contribution in [0.4, 0.5) is 0 Å². The Kier molecular flexibility index (Phi) is 5.98. The van der Waals surface area contributed by atoms with E-state index in [1.807, 2.05) is 20.8 Å². The number of hydrogen-bond donors (Lipinski definition) is 2. The molecule has 0 radical (unpaired) electrons. The lowest BCUT2D eigenvalue weighted by atomic mass is 9.90. The Morgan fingerprint density at radius 2 is 2.00 bits per heavy atom. The van der Waals surface area contributed by atoms with Gasteiger partial charge >= 0.3 is 0 Å². The molecule has 1 aliphatic rings. The molecule has 1 rings (SSSR count). The molecule has 1 heterocycles. The largest absolute Gasteiger partial charge is 0.368 e. The van der Waals surface area contributed by atoms with Gasteiger partial charge in [-0.2, -0.15) is 0 Å². The standard InChI is InChI=1S/C15H32N4O/c1-11(2)17-15(5,14(16)20)9-12(3)19-8-7-18(6)10-13(19)4/h11-13,17H,7-10H2,1-6H3,(H2,16,20). The van der Waals surface area contributed by atoms with Crippen LogP contribution in [0.2, 0.25) is 0 Å². The van der Waals surface area contributed by atoms with Crippen LogP contribution in [0.5, 0.6) is 0 Å². The van der Waals surface area contributed by atoms with Gasteiger partial charge in [-0.15, -0.1) is 0 Å². The van der Waals surface area contributed by atoms with Crippen molar-refractivity contribution in [1.82, 2.24) is 15.1 Å². The molecule has 0 bridgehead atoms. The molecule has 1 amide bonds. The van der Waals surface area contributed by atoms with E-state index < -0.39 is 5.54 Å². The normalized spacial score (nSPS) is 26.4. The zero-order valence-corrected chi connectivity index (χ0v) is 13.9. The van der Waals surface area contributed by atoms with Crippen molar-refractivity contribution >= 4 is 5.91 Å². The van der Waals surface area contributed by atoms with Gasteiger partial charge in [0.15, 0.2) is 0 Å². The van der Waals surface area contributed by atoms with Gasteiger partial charge in [-0.25, -0.2) is 0 Å². The summed E-state index contributed by atoms with van der Waals surface area (Å²) >= 11 is 0. The summed E-state index contributed by atoms with van der Waals surface area (Å²) in [4.78, 5) is 16.7.